The fourth-order valence-corrected chi connectivity index (χ4v) is 3.02. The maximum atomic E-state index is 12.6. The van der Waals surface area contributed by atoms with E-state index in [1.165, 1.54) is 0 Å². The number of amides is 1. The molecule has 0 radical (unpaired) electrons. The van der Waals surface area contributed by atoms with Crippen molar-refractivity contribution in [1.82, 2.24) is 10.6 Å². The molecule has 3 N–H and O–H groups in total. The molecule has 0 aliphatic carbocycles. The number of hydrogen-bond acceptors (Lipinski definition) is 3. The van der Waals surface area contributed by atoms with Gasteiger partial charge in [0.05, 0.1) is 18.1 Å². The van der Waals surface area contributed by atoms with Crippen LogP contribution in [-0.2, 0) is 11.2 Å². The maximum absolute atomic E-state index is 12.6. The summed E-state index contributed by atoms with van der Waals surface area (Å²) < 4.78 is 0. The van der Waals surface area contributed by atoms with Gasteiger partial charge in [-0.1, -0.05) is 37.3 Å². The first-order chi connectivity index (χ1) is 10.2. The van der Waals surface area contributed by atoms with Crippen molar-refractivity contribution in [2.75, 3.05) is 19.7 Å². The summed E-state index contributed by atoms with van der Waals surface area (Å²) >= 11 is 0. The molecule has 1 aliphatic rings. The summed E-state index contributed by atoms with van der Waals surface area (Å²) in [5, 5.41) is 15.9. The summed E-state index contributed by atoms with van der Waals surface area (Å²) in [6, 6.07) is 9.74. The van der Waals surface area contributed by atoms with Gasteiger partial charge in [-0.2, -0.15) is 0 Å². The molecule has 4 heteroatoms. The third-order valence-electron chi connectivity index (χ3n) is 4.51. The Kier molecular flexibility index (Phi) is 5.76. The molecule has 1 aromatic carbocycles. The Morgan fingerprint density at radius 3 is 2.76 bits per heavy atom. The van der Waals surface area contributed by atoms with E-state index in [0.29, 0.717) is 6.42 Å². The number of aliphatic hydroxyl groups excluding tert-OH is 1. The predicted octanol–water partition coefficient (Wildman–Crippen LogP) is 1.49. The molecule has 0 aromatic heterocycles. The van der Waals surface area contributed by atoms with Crippen molar-refractivity contribution in [3.05, 3.63) is 35.9 Å². The topological polar surface area (TPSA) is 61.4 Å². The van der Waals surface area contributed by atoms with Gasteiger partial charge in [0, 0.05) is 6.54 Å². The number of carbonyl (C=O) groups excluding carboxylic acids is 1. The number of nitrogens with one attached hydrogen (secondary N) is 2. The van der Waals surface area contributed by atoms with Gasteiger partial charge in [0.15, 0.2) is 0 Å². The molecule has 1 saturated heterocycles. The van der Waals surface area contributed by atoms with Crippen LogP contribution in [0.2, 0.25) is 0 Å². The molecular formula is C17H26N2O2. The molecule has 2 atom stereocenters. The van der Waals surface area contributed by atoms with Crippen molar-refractivity contribution >= 4 is 5.91 Å². The Morgan fingerprint density at radius 1 is 1.43 bits per heavy atom. The summed E-state index contributed by atoms with van der Waals surface area (Å²) in [5.41, 5.74) is 0.812. The van der Waals surface area contributed by atoms with Crippen LogP contribution in [0.1, 0.15) is 31.7 Å². The van der Waals surface area contributed by atoms with Gasteiger partial charge in [0.1, 0.15) is 0 Å². The lowest BCUT2D eigenvalue weighted by Crippen LogP contribution is -2.53. The number of benzene rings is 1. The van der Waals surface area contributed by atoms with Gasteiger partial charge in [-0.3, -0.25) is 4.79 Å². The Labute approximate surface area is 126 Å². The lowest BCUT2D eigenvalue weighted by atomic mass is 9.77. The first kappa shape index (κ1) is 16.0. The largest absolute Gasteiger partial charge is 0.394 e. The Bertz CT molecular complexity index is 441. The normalized spacial score (nSPS) is 23.5. The molecule has 1 fully saturated rings. The van der Waals surface area contributed by atoms with E-state index >= 15 is 0 Å². The van der Waals surface area contributed by atoms with E-state index < -0.39 is 0 Å². The first-order valence-electron chi connectivity index (χ1n) is 7.86. The third kappa shape index (κ3) is 4.05. The van der Waals surface area contributed by atoms with Gasteiger partial charge in [-0.25, -0.2) is 0 Å². The van der Waals surface area contributed by atoms with Crippen LogP contribution in [0.25, 0.3) is 0 Å². The van der Waals surface area contributed by atoms with E-state index in [9.17, 15) is 9.90 Å². The van der Waals surface area contributed by atoms with Crippen molar-refractivity contribution < 1.29 is 9.90 Å². The van der Waals surface area contributed by atoms with E-state index in [1.807, 2.05) is 30.3 Å². The van der Waals surface area contributed by atoms with E-state index in [0.717, 1.165) is 37.9 Å². The SMILES string of the molecule is CCC1(C(=O)NC(CO)Cc2ccccc2)CCCNC1. The van der Waals surface area contributed by atoms with Crippen LogP contribution in [0.4, 0.5) is 0 Å². The van der Waals surface area contributed by atoms with Gasteiger partial charge < -0.3 is 15.7 Å². The highest BCUT2D eigenvalue weighted by atomic mass is 16.3. The first-order valence-corrected chi connectivity index (χ1v) is 7.86. The molecule has 1 aliphatic heterocycles. The van der Waals surface area contributed by atoms with Gasteiger partial charge in [-0.15, -0.1) is 0 Å². The summed E-state index contributed by atoms with van der Waals surface area (Å²) in [4.78, 5) is 12.6. The molecule has 2 unspecified atom stereocenters. The number of carbonyl (C=O) groups is 1. The number of aliphatic hydroxyl groups is 1. The summed E-state index contributed by atoms with van der Waals surface area (Å²) in [6.07, 6.45) is 3.45. The van der Waals surface area contributed by atoms with Gasteiger partial charge in [-0.05, 0) is 37.8 Å². The average Bonchev–Trinajstić information content (AvgIpc) is 2.55. The highest BCUT2D eigenvalue weighted by Gasteiger charge is 2.38. The fraction of sp³-hybridized carbons (Fsp3) is 0.588. The zero-order valence-corrected chi connectivity index (χ0v) is 12.8. The summed E-state index contributed by atoms with van der Waals surface area (Å²) in [5.74, 6) is 0.0761. The summed E-state index contributed by atoms with van der Waals surface area (Å²) in [7, 11) is 0. The molecule has 0 saturated carbocycles. The minimum absolute atomic E-state index is 0.0339. The molecule has 1 heterocycles. The molecule has 116 valence electrons. The van der Waals surface area contributed by atoms with Crippen LogP contribution >= 0.6 is 0 Å². The number of rotatable bonds is 6. The van der Waals surface area contributed by atoms with E-state index in [2.05, 4.69) is 17.6 Å². The third-order valence-corrected chi connectivity index (χ3v) is 4.51. The van der Waals surface area contributed by atoms with Crippen molar-refractivity contribution in [3.63, 3.8) is 0 Å². The molecule has 2 rings (SSSR count). The summed E-state index contributed by atoms with van der Waals surface area (Å²) in [6.45, 7) is 3.76. The Hall–Kier alpha value is -1.39. The van der Waals surface area contributed by atoms with E-state index in [4.69, 9.17) is 0 Å². The van der Waals surface area contributed by atoms with Crippen LogP contribution in [-0.4, -0.2) is 36.8 Å². The van der Waals surface area contributed by atoms with Crippen LogP contribution < -0.4 is 10.6 Å². The van der Waals surface area contributed by atoms with Gasteiger partial charge >= 0.3 is 0 Å². The lowest BCUT2D eigenvalue weighted by molar-refractivity contribution is -0.133. The minimum atomic E-state index is -0.317. The zero-order chi connectivity index (χ0) is 15.1. The predicted molar refractivity (Wildman–Crippen MR) is 84.0 cm³/mol. The van der Waals surface area contributed by atoms with E-state index in [1.54, 1.807) is 0 Å². The Balaban J connectivity index is 1.98. The molecule has 4 nitrogen and oxygen atoms in total. The van der Waals surface area contributed by atoms with Gasteiger partial charge in [0.25, 0.3) is 0 Å². The fourth-order valence-electron chi connectivity index (χ4n) is 3.02. The monoisotopic (exact) mass is 290 g/mol. The second-order valence-corrected chi connectivity index (χ2v) is 5.96. The highest BCUT2D eigenvalue weighted by Crippen LogP contribution is 2.30. The molecule has 0 spiro atoms. The van der Waals surface area contributed by atoms with Crippen molar-refractivity contribution in [2.24, 2.45) is 5.41 Å². The van der Waals surface area contributed by atoms with Crippen LogP contribution in [0, 0.1) is 5.41 Å². The quantitative estimate of drug-likeness (QED) is 0.744. The number of hydrogen-bond donors (Lipinski definition) is 3. The van der Waals surface area contributed by atoms with Crippen molar-refractivity contribution in [3.8, 4) is 0 Å². The van der Waals surface area contributed by atoms with Crippen LogP contribution in [0.15, 0.2) is 30.3 Å². The van der Waals surface area contributed by atoms with Crippen molar-refractivity contribution in [1.29, 1.82) is 0 Å². The molecule has 1 aromatic rings. The molecular weight excluding hydrogens is 264 g/mol. The van der Waals surface area contributed by atoms with E-state index in [-0.39, 0.29) is 24.0 Å². The minimum Gasteiger partial charge on any atom is -0.394 e. The molecule has 21 heavy (non-hydrogen) atoms. The second-order valence-electron chi connectivity index (χ2n) is 5.96. The molecule has 0 bridgehead atoms. The number of piperidine rings is 1. The second kappa shape index (κ2) is 7.57. The Morgan fingerprint density at radius 2 is 2.19 bits per heavy atom. The van der Waals surface area contributed by atoms with Crippen molar-refractivity contribution in [2.45, 2.75) is 38.6 Å². The smallest absolute Gasteiger partial charge is 0.227 e. The van der Waals surface area contributed by atoms with Crippen LogP contribution in [0.3, 0.4) is 0 Å². The maximum Gasteiger partial charge on any atom is 0.227 e. The van der Waals surface area contributed by atoms with Gasteiger partial charge in [0.2, 0.25) is 5.91 Å². The zero-order valence-electron chi connectivity index (χ0n) is 12.8. The van der Waals surface area contributed by atoms with Crippen LogP contribution in [0.5, 0.6) is 0 Å². The standard InChI is InChI=1S/C17H26N2O2/c1-2-17(9-6-10-18-13-17)16(21)19-15(12-20)11-14-7-4-3-5-8-14/h3-5,7-8,15,18,20H,2,6,9-13H2,1H3,(H,19,21). The highest BCUT2D eigenvalue weighted by molar-refractivity contribution is 5.83. The lowest BCUT2D eigenvalue weighted by Gasteiger charge is -2.36. The average molecular weight is 290 g/mol. The molecule has 1 amide bonds.